The number of hydrogen-bond acceptors (Lipinski definition) is 0. The summed E-state index contributed by atoms with van der Waals surface area (Å²) in [7, 11) is -1.82. The Morgan fingerprint density at radius 3 is 1.28 bits per heavy atom. The van der Waals surface area contributed by atoms with Gasteiger partial charge in [0.2, 0.25) is 0 Å². The van der Waals surface area contributed by atoms with Gasteiger partial charge in [0, 0.05) is 0 Å². The van der Waals surface area contributed by atoms with Gasteiger partial charge < -0.3 is 0 Å². The van der Waals surface area contributed by atoms with Gasteiger partial charge in [0.05, 0.1) is 0 Å². The van der Waals surface area contributed by atoms with Crippen LogP contribution in [0.1, 0.15) is 79.1 Å². The van der Waals surface area contributed by atoms with Crippen LogP contribution in [-0.2, 0) is 0 Å². The summed E-state index contributed by atoms with van der Waals surface area (Å²) in [5.74, 6) is 1.71. The number of unbranched alkanes of at least 4 members (excludes halogenated alkanes) is 2. The molecule has 1 heteroatoms. The lowest BCUT2D eigenvalue weighted by atomic mass is 10.0. The second-order valence-electron chi connectivity index (χ2n) is 9.06. The molecule has 0 amide bonds. The van der Waals surface area contributed by atoms with Gasteiger partial charge in [-0.2, -0.15) is 0 Å². The molecule has 0 saturated carbocycles. The first-order valence-corrected chi connectivity index (χ1v) is 14.7. The Morgan fingerprint density at radius 1 is 0.586 bits per heavy atom. The summed E-state index contributed by atoms with van der Waals surface area (Å²) >= 11 is 0. The van der Waals surface area contributed by atoms with Crippen LogP contribution in [-0.4, -0.2) is 8.07 Å². The first kappa shape index (κ1) is 23.9. The van der Waals surface area contributed by atoms with Crippen molar-refractivity contribution in [1.29, 1.82) is 0 Å². The third-order valence-electron chi connectivity index (χ3n) is 7.01. The third-order valence-corrected chi connectivity index (χ3v) is 12.4. The van der Waals surface area contributed by atoms with Crippen LogP contribution >= 0.6 is 0 Å². The first-order valence-electron chi connectivity index (χ1n) is 12.3. The van der Waals surface area contributed by atoms with E-state index in [1.54, 1.807) is 10.4 Å². The van der Waals surface area contributed by atoms with Gasteiger partial charge in [-0.05, 0) is 23.9 Å². The SMILES string of the molecule is CCCC[C@@H](CC)C[Si](C[C@@H](CC)CCCC)(c1ccccc1)c1ccccc1. The predicted octanol–water partition coefficient (Wildman–Crippen LogP) is 7.68. The van der Waals surface area contributed by atoms with Gasteiger partial charge in [0.15, 0.2) is 0 Å². The molecule has 0 bridgehead atoms. The molecular weight excluding hydrogens is 364 g/mol. The van der Waals surface area contributed by atoms with E-state index in [0.717, 1.165) is 11.8 Å². The van der Waals surface area contributed by atoms with Gasteiger partial charge in [0.1, 0.15) is 8.07 Å². The zero-order valence-corrected chi connectivity index (χ0v) is 20.5. The van der Waals surface area contributed by atoms with Crippen molar-refractivity contribution in [3.05, 3.63) is 60.7 Å². The normalized spacial score (nSPS) is 13.9. The topological polar surface area (TPSA) is 0 Å². The van der Waals surface area contributed by atoms with E-state index in [9.17, 15) is 0 Å². The molecule has 2 aromatic rings. The summed E-state index contributed by atoms with van der Waals surface area (Å²) < 4.78 is 0. The maximum atomic E-state index is 2.46. The van der Waals surface area contributed by atoms with Crippen LogP contribution in [0, 0.1) is 11.8 Å². The van der Waals surface area contributed by atoms with Crippen molar-refractivity contribution in [2.24, 2.45) is 11.8 Å². The quantitative estimate of drug-likeness (QED) is 0.281. The maximum absolute atomic E-state index is 2.46. The zero-order valence-electron chi connectivity index (χ0n) is 19.5. The Morgan fingerprint density at radius 2 is 0.966 bits per heavy atom. The Hall–Kier alpha value is -1.34. The van der Waals surface area contributed by atoms with Gasteiger partial charge in [0.25, 0.3) is 0 Å². The monoisotopic (exact) mass is 408 g/mol. The molecule has 0 heterocycles. The molecule has 0 nitrogen and oxygen atoms in total. The summed E-state index contributed by atoms with van der Waals surface area (Å²) in [5.41, 5.74) is 0. The zero-order chi connectivity index (χ0) is 21.0. The molecule has 0 aliphatic rings. The smallest absolute Gasteiger partial charge is 0.0654 e. The molecule has 0 aliphatic heterocycles. The highest BCUT2D eigenvalue weighted by molar-refractivity contribution is 7.02. The summed E-state index contributed by atoms with van der Waals surface area (Å²) in [5, 5.41) is 3.33. The fourth-order valence-electron chi connectivity index (χ4n) is 5.11. The minimum atomic E-state index is -1.82. The average Bonchev–Trinajstić information content (AvgIpc) is 2.79. The Bertz CT molecular complexity index is 589. The average molecular weight is 409 g/mol. The minimum absolute atomic E-state index is 0.853. The molecule has 0 unspecified atom stereocenters. The Balaban J connectivity index is 2.52. The predicted molar refractivity (Wildman–Crippen MR) is 134 cm³/mol. The highest BCUT2D eigenvalue weighted by atomic mass is 28.3. The maximum Gasteiger partial charge on any atom is 0.118 e. The highest BCUT2D eigenvalue weighted by Gasteiger charge is 2.40. The van der Waals surface area contributed by atoms with E-state index in [1.165, 1.54) is 63.5 Å². The standard InChI is InChI=1S/C28H44Si/c1-5-9-17-25(7-3)23-29(27-19-13-11-14-20-27,28-21-15-12-16-22-28)24-26(8-4)18-10-6-2/h11-16,19-22,25-26H,5-10,17-18,23-24H2,1-4H3/t25-,26+. The van der Waals surface area contributed by atoms with Crippen LogP contribution in [0.2, 0.25) is 12.1 Å². The molecule has 2 rings (SSSR count). The van der Waals surface area contributed by atoms with Crippen LogP contribution in [0.3, 0.4) is 0 Å². The van der Waals surface area contributed by atoms with Crippen LogP contribution < -0.4 is 10.4 Å². The molecule has 0 aliphatic carbocycles. The molecule has 29 heavy (non-hydrogen) atoms. The highest BCUT2D eigenvalue weighted by Crippen LogP contribution is 2.32. The van der Waals surface area contributed by atoms with Crippen molar-refractivity contribution < 1.29 is 0 Å². The lowest BCUT2D eigenvalue weighted by Crippen LogP contribution is -2.60. The van der Waals surface area contributed by atoms with Crippen molar-refractivity contribution in [2.45, 2.75) is 91.1 Å². The van der Waals surface area contributed by atoms with Crippen LogP contribution in [0.5, 0.6) is 0 Å². The molecule has 0 aromatic heterocycles. The first-order chi connectivity index (χ1) is 14.2. The molecule has 0 N–H and O–H groups in total. The Labute approximate surface area is 182 Å². The van der Waals surface area contributed by atoms with E-state index >= 15 is 0 Å². The fraction of sp³-hybridized carbons (Fsp3) is 0.571. The number of benzene rings is 2. The summed E-state index contributed by atoms with van der Waals surface area (Å²) in [6.07, 6.45) is 10.8. The third kappa shape index (κ3) is 6.85. The summed E-state index contributed by atoms with van der Waals surface area (Å²) in [4.78, 5) is 0. The van der Waals surface area contributed by atoms with Crippen molar-refractivity contribution in [1.82, 2.24) is 0 Å². The molecule has 0 saturated heterocycles. The van der Waals surface area contributed by atoms with Gasteiger partial charge in [-0.15, -0.1) is 0 Å². The second kappa shape index (κ2) is 13.1. The molecule has 2 atom stereocenters. The molecule has 2 aromatic carbocycles. The molecular formula is C28H44Si. The van der Waals surface area contributed by atoms with Crippen LogP contribution in [0.25, 0.3) is 0 Å². The van der Waals surface area contributed by atoms with E-state index in [2.05, 4.69) is 88.4 Å². The minimum Gasteiger partial charge on any atom is -0.0654 e. The van der Waals surface area contributed by atoms with Crippen molar-refractivity contribution in [2.75, 3.05) is 0 Å². The van der Waals surface area contributed by atoms with E-state index < -0.39 is 8.07 Å². The largest absolute Gasteiger partial charge is 0.118 e. The lowest BCUT2D eigenvalue weighted by Gasteiger charge is -2.39. The van der Waals surface area contributed by atoms with E-state index in [1.807, 2.05) is 0 Å². The Kier molecular flexibility index (Phi) is 10.8. The van der Waals surface area contributed by atoms with Crippen molar-refractivity contribution in [3.8, 4) is 0 Å². The van der Waals surface area contributed by atoms with E-state index in [-0.39, 0.29) is 0 Å². The van der Waals surface area contributed by atoms with Crippen LogP contribution in [0.4, 0.5) is 0 Å². The van der Waals surface area contributed by atoms with E-state index in [4.69, 9.17) is 0 Å². The number of rotatable bonds is 14. The van der Waals surface area contributed by atoms with Crippen molar-refractivity contribution >= 4 is 18.4 Å². The molecule has 0 fully saturated rings. The van der Waals surface area contributed by atoms with Gasteiger partial charge >= 0.3 is 0 Å². The molecule has 160 valence electrons. The van der Waals surface area contributed by atoms with E-state index in [0.29, 0.717) is 0 Å². The summed E-state index contributed by atoms with van der Waals surface area (Å²) in [6.45, 7) is 9.51. The lowest BCUT2D eigenvalue weighted by molar-refractivity contribution is 0.469. The fourth-order valence-corrected chi connectivity index (χ4v) is 11.2. The van der Waals surface area contributed by atoms with Gasteiger partial charge in [-0.3, -0.25) is 0 Å². The van der Waals surface area contributed by atoms with Gasteiger partial charge in [-0.25, -0.2) is 0 Å². The van der Waals surface area contributed by atoms with Crippen molar-refractivity contribution in [3.63, 3.8) is 0 Å². The number of hydrogen-bond donors (Lipinski definition) is 0. The molecule has 0 radical (unpaired) electrons. The summed E-state index contributed by atoms with van der Waals surface area (Å²) in [6, 6.07) is 26.2. The second-order valence-corrected chi connectivity index (χ2v) is 13.2. The molecule has 0 spiro atoms. The van der Waals surface area contributed by atoms with Crippen LogP contribution in [0.15, 0.2) is 60.7 Å². The van der Waals surface area contributed by atoms with Gasteiger partial charge in [-0.1, -0.05) is 150 Å².